The van der Waals surface area contributed by atoms with Crippen molar-refractivity contribution in [2.75, 3.05) is 13.1 Å². The summed E-state index contributed by atoms with van der Waals surface area (Å²) < 4.78 is 0. The molecule has 0 aromatic rings. The Hall–Kier alpha value is -2.12. The Kier molecular flexibility index (Phi) is 6.99. The molecule has 3 atom stereocenters. The number of carbonyl (C=O) groups excluding carboxylic acids is 3. The van der Waals surface area contributed by atoms with E-state index in [4.69, 9.17) is 5.11 Å². The fourth-order valence-electron chi connectivity index (χ4n) is 2.61. The summed E-state index contributed by atoms with van der Waals surface area (Å²) in [6.07, 6.45) is 1.93. The van der Waals surface area contributed by atoms with Crippen molar-refractivity contribution in [3.05, 3.63) is 0 Å². The molecule has 1 heterocycles. The summed E-state index contributed by atoms with van der Waals surface area (Å²) in [5.41, 5.74) is 0. The molecule has 3 amide bonds. The second-order valence-corrected chi connectivity index (χ2v) is 5.86. The fraction of sp³-hybridized carbons (Fsp3) is 0.733. The number of carbonyl (C=O) groups is 4. The predicted octanol–water partition coefficient (Wildman–Crippen LogP) is -0.271. The van der Waals surface area contributed by atoms with Crippen molar-refractivity contribution >= 4 is 23.7 Å². The van der Waals surface area contributed by atoms with Crippen LogP contribution in [0.3, 0.4) is 0 Å². The van der Waals surface area contributed by atoms with Crippen LogP contribution in [0.15, 0.2) is 0 Å². The zero-order chi connectivity index (χ0) is 17.6. The average molecular weight is 327 g/mol. The van der Waals surface area contributed by atoms with E-state index in [2.05, 4.69) is 10.6 Å². The van der Waals surface area contributed by atoms with Gasteiger partial charge in [0.1, 0.15) is 12.1 Å². The van der Waals surface area contributed by atoms with Crippen LogP contribution in [0, 0.1) is 5.92 Å². The first-order valence-corrected chi connectivity index (χ1v) is 7.85. The number of carboxylic acid groups (broad SMARTS) is 1. The Balaban J connectivity index is 2.50. The molecule has 0 radical (unpaired) electrons. The van der Waals surface area contributed by atoms with Gasteiger partial charge < -0.3 is 20.6 Å². The molecule has 8 heteroatoms. The third kappa shape index (κ3) is 5.22. The highest BCUT2D eigenvalue weighted by molar-refractivity contribution is 5.91. The Labute approximate surface area is 135 Å². The van der Waals surface area contributed by atoms with E-state index in [0.717, 1.165) is 6.42 Å². The van der Waals surface area contributed by atoms with Gasteiger partial charge in [-0.1, -0.05) is 20.3 Å². The van der Waals surface area contributed by atoms with Crippen LogP contribution in [-0.4, -0.2) is 58.9 Å². The standard InChI is InChI=1S/C15H25N3O5/c1-4-9(2)13(15(22)23)17-12(20)8-16-14(21)11-6-5-7-18(11)10(3)19/h9,11,13H,4-8H2,1-3H3,(H,16,21)(H,17,20)(H,22,23)/t9-,11-,13-/m0/s1. The van der Waals surface area contributed by atoms with Gasteiger partial charge in [-0.15, -0.1) is 0 Å². The molecular formula is C15H25N3O5. The zero-order valence-electron chi connectivity index (χ0n) is 13.8. The molecule has 23 heavy (non-hydrogen) atoms. The molecule has 1 saturated heterocycles. The second-order valence-electron chi connectivity index (χ2n) is 5.86. The number of nitrogens with one attached hydrogen (secondary N) is 2. The van der Waals surface area contributed by atoms with Crippen LogP contribution in [0.2, 0.25) is 0 Å². The first kappa shape index (κ1) is 18.9. The van der Waals surface area contributed by atoms with Gasteiger partial charge >= 0.3 is 5.97 Å². The fourth-order valence-corrected chi connectivity index (χ4v) is 2.61. The molecule has 0 unspecified atom stereocenters. The second kappa shape index (κ2) is 8.50. The van der Waals surface area contributed by atoms with Crippen LogP contribution in [-0.2, 0) is 19.2 Å². The van der Waals surface area contributed by atoms with Crippen LogP contribution >= 0.6 is 0 Å². The molecule has 130 valence electrons. The normalized spacial score (nSPS) is 19.8. The lowest BCUT2D eigenvalue weighted by molar-refractivity contribution is -0.143. The largest absolute Gasteiger partial charge is 0.480 e. The van der Waals surface area contributed by atoms with Crippen LogP contribution < -0.4 is 10.6 Å². The van der Waals surface area contributed by atoms with Gasteiger partial charge in [0, 0.05) is 13.5 Å². The highest BCUT2D eigenvalue weighted by Crippen LogP contribution is 2.17. The lowest BCUT2D eigenvalue weighted by Crippen LogP contribution is -2.51. The molecule has 8 nitrogen and oxygen atoms in total. The molecule has 1 aliphatic heterocycles. The lowest BCUT2D eigenvalue weighted by Gasteiger charge is -2.23. The van der Waals surface area contributed by atoms with E-state index in [-0.39, 0.29) is 24.3 Å². The Morgan fingerprint density at radius 2 is 1.96 bits per heavy atom. The summed E-state index contributed by atoms with van der Waals surface area (Å²) in [6.45, 7) is 5.21. The minimum atomic E-state index is -1.10. The average Bonchev–Trinajstić information content (AvgIpc) is 2.99. The summed E-state index contributed by atoms with van der Waals surface area (Å²) in [7, 11) is 0. The van der Waals surface area contributed by atoms with Gasteiger partial charge in [-0.25, -0.2) is 4.79 Å². The van der Waals surface area contributed by atoms with Crippen molar-refractivity contribution in [3.63, 3.8) is 0 Å². The zero-order valence-corrected chi connectivity index (χ0v) is 13.8. The summed E-state index contributed by atoms with van der Waals surface area (Å²) in [5.74, 6) is -2.43. The summed E-state index contributed by atoms with van der Waals surface area (Å²) in [4.78, 5) is 48.0. The maximum absolute atomic E-state index is 12.1. The van der Waals surface area contributed by atoms with Crippen LogP contribution in [0.1, 0.15) is 40.0 Å². The number of rotatable bonds is 7. The van der Waals surface area contributed by atoms with Gasteiger partial charge in [-0.2, -0.15) is 0 Å². The number of amides is 3. The summed E-state index contributed by atoms with van der Waals surface area (Å²) in [6, 6.07) is -1.53. The smallest absolute Gasteiger partial charge is 0.326 e. The number of nitrogens with zero attached hydrogens (tertiary/aromatic N) is 1. The minimum Gasteiger partial charge on any atom is -0.480 e. The van der Waals surface area contributed by atoms with Gasteiger partial charge in [-0.3, -0.25) is 14.4 Å². The molecule has 0 saturated carbocycles. The predicted molar refractivity (Wildman–Crippen MR) is 82.4 cm³/mol. The summed E-state index contributed by atoms with van der Waals surface area (Å²) in [5, 5.41) is 14.0. The molecular weight excluding hydrogens is 302 g/mol. The van der Waals surface area contributed by atoms with Crippen molar-refractivity contribution in [3.8, 4) is 0 Å². The number of hydrogen-bond donors (Lipinski definition) is 3. The van der Waals surface area contributed by atoms with Crippen molar-refractivity contribution in [2.24, 2.45) is 5.92 Å². The van der Waals surface area contributed by atoms with E-state index in [1.54, 1.807) is 6.92 Å². The Morgan fingerprint density at radius 3 is 2.48 bits per heavy atom. The Bertz CT molecular complexity index is 480. The summed E-state index contributed by atoms with van der Waals surface area (Å²) >= 11 is 0. The molecule has 1 rings (SSSR count). The molecule has 0 bridgehead atoms. The van der Waals surface area contributed by atoms with Crippen molar-refractivity contribution < 1.29 is 24.3 Å². The topological polar surface area (TPSA) is 116 Å². The number of carboxylic acids is 1. The Morgan fingerprint density at radius 1 is 1.30 bits per heavy atom. The first-order chi connectivity index (χ1) is 10.8. The van der Waals surface area contributed by atoms with Crippen LogP contribution in [0.25, 0.3) is 0 Å². The molecule has 1 fully saturated rings. The van der Waals surface area contributed by atoms with Gasteiger partial charge in [0.2, 0.25) is 17.7 Å². The van der Waals surface area contributed by atoms with E-state index in [0.29, 0.717) is 19.4 Å². The van der Waals surface area contributed by atoms with Gasteiger partial charge in [0.15, 0.2) is 0 Å². The molecule has 0 spiro atoms. The van der Waals surface area contributed by atoms with E-state index >= 15 is 0 Å². The number of likely N-dealkylation sites (tertiary alicyclic amines) is 1. The van der Waals surface area contributed by atoms with E-state index in [1.807, 2.05) is 6.92 Å². The lowest BCUT2D eigenvalue weighted by atomic mass is 9.99. The third-order valence-electron chi connectivity index (χ3n) is 4.18. The maximum atomic E-state index is 12.1. The quantitative estimate of drug-likeness (QED) is 0.595. The van der Waals surface area contributed by atoms with E-state index < -0.39 is 24.0 Å². The van der Waals surface area contributed by atoms with Gasteiger partial charge in [0.05, 0.1) is 6.54 Å². The highest BCUT2D eigenvalue weighted by Gasteiger charge is 2.32. The van der Waals surface area contributed by atoms with Crippen molar-refractivity contribution in [1.29, 1.82) is 0 Å². The minimum absolute atomic E-state index is 0.171. The van der Waals surface area contributed by atoms with Crippen LogP contribution in [0.5, 0.6) is 0 Å². The van der Waals surface area contributed by atoms with Crippen molar-refractivity contribution in [1.82, 2.24) is 15.5 Å². The maximum Gasteiger partial charge on any atom is 0.326 e. The number of aliphatic carboxylic acids is 1. The highest BCUT2D eigenvalue weighted by atomic mass is 16.4. The molecule has 1 aliphatic rings. The van der Waals surface area contributed by atoms with Gasteiger partial charge in [-0.05, 0) is 18.8 Å². The van der Waals surface area contributed by atoms with Gasteiger partial charge in [0.25, 0.3) is 0 Å². The molecule has 0 aromatic carbocycles. The SMILES string of the molecule is CC[C@H](C)[C@H](NC(=O)CNC(=O)[C@@H]1CCCN1C(C)=O)C(=O)O. The van der Waals surface area contributed by atoms with E-state index in [1.165, 1.54) is 11.8 Å². The third-order valence-corrected chi connectivity index (χ3v) is 4.18. The van der Waals surface area contributed by atoms with E-state index in [9.17, 15) is 19.2 Å². The van der Waals surface area contributed by atoms with Crippen molar-refractivity contribution in [2.45, 2.75) is 52.1 Å². The molecule has 3 N–H and O–H groups in total. The first-order valence-electron chi connectivity index (χ1n) is 7.85. The molecule has 0 aromatic heterocycles. The number of hydrogen-bond acceptors (Lipinski definition) is 4. The van der Waals surface area contributed by atoms with Crippen LogP contribution in [0.4, 0.5) is 0 Å². The molecule has 0 aliphatic carbocycles. The monoisotopic (exact) mass is 327 g/mol.